The first-order valence-electron chi connectivity index (χ1n) is 8.08. The summed E-state index contributed by atoms with van der Waals surface area (Å²) in [6, 6.07) is 15.3. The van der Waals surface area contributed by atoms with Crippen LogP contribution >= 0.6 is 23.4 Å². The van der Waals surface area contributed by atoms with Gasteiger partial charge in [0.1, 0.15) is 0 Å². The molecule has 2 N–H and O–H groups in total. The molecule has 5 nitrogen and oxygen atoms in total. The minimum atomic E-state index is -0.210. The summed E-state index contributed by atoms with van der Waals surface area (Å²) in [5.41, 5.74) is 2.90. The number of nitrogens with zero attached hydrogens (tertiary/aromatic N) is 2. The van der Waals surface area contributed by atoms with Crippen LogP contribution in [0.1, 0.15) is 11.1 Å². The fourth-order valence-electron chi connectivity index (χ4n) is 2.36. The minimum Gasteiger partial charge on any atom is -0.334 e. The van der Waals surface area contributed by atoms with Gasteiger partial charge >= 0.3 is 6.03 Å². The highest BCUT2D eigenvalue weighted by molar-refractivity contribution is 7.98. The Balaban J connectivity index is 1.47. The average Bonchev–Trinajstić information content (AvgIpc) is 3.14. The molecule has 3 rings (SSSR count). The van der Waals surface area contributed by atoms with Crippen molar-refractivity contribution in [2.24, 2.45) is 0 Å². The van der Waals surface area contributed by atoms with E-state index in [1.54, 1.807) is 22.6 Å². The van der Waals surface area contributed by atoms with Crippen molar-refractivity contribution in [3.05, 3.63) is 77.1 Å². The van der Waals surface area contributed by atoms with Gasteiger partial charge in [0, 0.05) is 34.8 Å². The molecular formula is C19H19ClN4OS. The first-order chi connectivity index (χ1) is 12.6. The van der Waals surface area contributed by atoms with Crippen LogP contribution in [0.2, 0.25) is 5.02 Å². The third-order valence-electron chi connectivity index (χ3n) is 3.79. The van der Waals surface area contributed by atoms with E-state index in [2.05, 4.69) is 15.7 Å². The number of halogens is 1. The summed E-state index contributed by atoms with van der Waals surface area (Å²) in [7, 11) is 0. The second-order valence-electron chi connectivity index (χ2n) is 5.65. The zero-order valence-electron chi connectivity index (χ0n) is 14.3. The fraction of sp³-hybridized carbons (Fsp3) is 0.158. The molecule has 0 aliphatic rings. The van der Waals surface area contributed by atoms with E-state index in [9.17, 15) is 4.79 Å². The van der Waals surface area contributed by atoms with E-state index < -0.39 is 0 Å². The molecule has 2 aromatic carbocycles. The summed E-state index contributed by atoms with van der Waals surface area (Å²) in [5.74, 6) is 0. The Morgan fingerprint density at radius 3 is 2.35 bits per heavy atom. The Kier molecular flexibility index (Phi) is 6.20. The maximum absolute atomic E-state index is 12.0. The molecule has 0 saturated heterocycles. The van der Waals surface area contributed by atoms with Gasteiger partial charge in [-0.25, -0.2) is 9.48 Å². The zero-order valence-corrected chi connectivity index (χ0v) is 15.8. The van der Waals surface area contributed by atoms with E-state index in [0.717, 1.165) is 16.8 Å². The third kappa shape index (κ3) is 5.03. The highest BCUT2D eigenvalue weighted by atomic mass is 35.5. The molecule has 0 aliphatic carbocycles. The SMILES string of the molecule is CSc1ccc(CNC(=O)NCc2cnn(-c3ccc(Cl)cc3)c2)cc1. The number of amides is 2. The minimum absolute atomic E-state index is 0.210. The van der Waals surface area contributed by atoms with Gasteiger partial charge in [-0.2, -0.15) is 5.10 Å². The average molecular weight is 387 g/mol. The van der Waals surface area contributed by atoms with Crippen molar-refractivity contribution in [2.45, 2.75) is 18.0 Å². The van der Waals surface area contributed by atoms with Gasteiger partial charge < -0.3 is 10.6 Å². The van der Waals surface area contributed by atoms with Crippen LogP contribution in [0.25, 0.3) is 5.69 Å². The molecule has 0 saturated carbocycles. The predicted octanol–water partition coefficient (Wildman–Crippen LogP) is 4.25. The van der Waals surface area contributed by atoms with Crippen LogP contribution in [-0.4, -0.2) is 22.1 Å². The zero-order chi connectivity index (χ0) is 18.4. The molecule has 134 valence electrons. The summed E-state index contributed by atoms with van der Waals surface area (Å²) in [6.45, 7) is 0.898. The molecular weight excluding hydrogens is 368 g/mol. The Morgan fingerprint density at radius 2 is 1.69 bits per heavy atom. The van der Waals surface area contributed by atoms with E-state index in [1.807, 2.05) is 61.0 Å². The number of thioether (sulfide) groups is 1. The Labute approximate surface area is 161 Å². The van der Waals surface area contributed by atoms with Crippen molar-refractivity contribution >= 4 is 29.4 Å². The number of carbonyl (C=O) groups is 1. The maximum atomic E-state index is 12.0. The van der Waals surface area contributed by atoms with Crippen molar-refractivity contribution in [2.75, 3.05) is 6.26 Å². The lowest BCUT2D eigenvalue weighted by molar-refractivity contribution is 0.240. The lowest BCUT2D eigenvalue weighted by atomic mass is 10.2. The lowest BCUT2D eigenvalue weighted by Gasteiger charge is -2.07. The van der Waals surface area contributed by atoms with Crippen molar-refractivity contribution in [1.82, 2.24) is 20.4 Å². The van der Waals surface area contributed by atoms with Gasteiger partial charge in [-0.05, 0) is 48.2 Å². The number of carbonyl (C=O) groups excluding carboxylic acids is 1. The van der Waals surface area contributed by atoms with Crippen molar-refractivity contribution < 1.29 is 4.79 Å². The Morgan fingerprint density at radius 1 is 1.04 bits per heavy atom. The third-order valence-corrected chi connectivity index (χ3v) is 4.79. The molecule has 26 heavy (non-hydrogen) atoms. The maximum Gasteiger partial charge on any atom is 0.315 e. The highest BCUT2D eigenvalue weighted by Gasteiger charge is 2.04. The molecule has 7 heteroatoms. The van der Waals surface area contributed by atoms with Crippen LogP contribution < -0.4 is 10.6 Å². The molecule has 0 radical (unpaired) electrons. The summed E-state index contributed by atoms with van der Waals surface area (Å²) >= 11 is 7.59. The Bertz CT molecular complexity index is 862. The quantitative estimate of drug-likeness (QED) is 0.623. The second-order valence-corrected chi connectivity index (χ2v) is 6.97. The fourth-order valence-corrected chi connectivity index (χ4v) is 2.89. The topological polar surface area (TPSA) is 59.0 Å². The van der Waals surface area contributed by atoms with Gasteiger partial charge in [0.25, 0.3) is 0 Å². The van der Waals surface area contributed by atoms with Gasteiger partial charge in [-0.15, -0.1) is 11.8 Å². The number of urea groups is 1. The van der Waals surface area contributed by atoms with Crippen molar-refractivity contribution in [3.63, 3.8) is 0 Å². The molecule has 1 heterocycles. The molecule has 0 spiro atoms. The van der Waals surface area contributed by atoms with Gasteiger partial charge in [-0.1, -0.05) is 23.7 Å². The number of hydrogen-bond donors (Lipinski definition) is 2. The van der Waals surface area contributed by atoms with Crippen LogP contribution in [0.5, 0.6) is 0 Å². The van der Waals surface area contributed by atoms with Crippen LogP contribution in [0.4, 0.5) is 4.79 Å². The number of aromatic nitrogens is 2. The standard InChI is InChI=1S/C19H19ClN4OS/c1-26-18-8-2-14(3-9-18)10-21-19(25)22-11-15-12-23-24(13-15)17-6-4-16(20)5-7-17/h2-9,12-13H,10-11H2,1H3,(H2,21,22,25). The number of rotatable bonds is 6. The summed E-state index contributed by atoms with van der Waals surface area (Å²) in [4.78, 5) is 13.2. The van der Waals surface area contributed by atoms with E-state index in [1.165, 1.54) is 4.90 Å². The summed E-state index contributed by atoms with van der Waals surface area (Å²) < 4.78 is 1.75. The first kappa shape index (κ1) is 18.4. The largest absolute Gasteiger partial charge is 0.334 e. The number of nitrogens with one attached hydrogen (secondary N) is 2. The van der Waals surface area contributed by atoms with E-state index in [4.69, 9.17) is 11.6 Å². The van der Waals surface area contributed by atoms with Gasteiger partial charge in [0.2, 0.25) is 0 Å². The second kappa shape index (κ2) is 8.78. The van der Waals surface area contributed by atoms with Gasteiger partial charge in [0.05, 0.1) is 11.9 Å². The first-order valence-corrected chi connectivity index (χ1v) is 9.68. The van der Waals surface area contributed by atoms with Crippen LogP contribution in [-0.2, 0) is 13.1 Å². The normalized spacial score (nSPS) is 10.5. The predicted molar refractivity (Wildman–Crippen MR) is 106 cm³/mol. The molecule has 0 aliphatic heterocycles. The molecule has 0 unspecified atom stereocenters. The van der Waals surface area contributed by atoms with Crippen LogP contribution in [0.3, 0.4) is 0 Å². The monoisotopic (exact) mass is 386 g/mol. The molecule has 0 bridgehead atoms. The smallest absolute Gasteiger partial charge is 0.315 e. The molecule has 0 atom stereocenters. The molecule has 0 fully saturated rings. The highest BCUT2D eigenvalue weighted by Crippen LogP contribution is 2.15. The van der Waals surface area contributed by atoms with Crippen molar-refractivity contribution in [3.8, 4) is 5.69 Å². The van der Waals surface area contributed by atoms with Gasteiger partial charge in [0.15, 0.2) is 0 Å². The molecule has 1 aromatic heterocycles. The summed E-state index contributed by atoms with van der Waals surface area (Å²) in [5, 5.41) is 10.7. The van der Waals surface area contributed by atoms with Crippen molar-refractivity contribution in [1.29, 1.82) is 0 Å². The van der Waals surface area contributed by atoms with Crippen LogP contribution in [0.15, 0.2) is 65.8 Å². The molecule has 2 amide bonds. The Hall–Kier alpha value is -2.44. The molecule has 3 aromatic rings. The van der Waals surface area contributed by atoms with E-state index >= 15 is 0 Å². The number of hydrogen-bond acceptors (Lipinski definition) is 3. The van der Waals surface area contributed by atoms with E-state index in [0.29, 0.717) is 18.1 Å². The van der Waals surface area contributed by atoms with Gasteiger partial charge in [-0.3, -0.25) is 0 Å². The summed E-state index contributed by atoms with van der Waals surface area (Å²) in [6.07, 6.45) is 5.65. The van der Waals surface area contributed by atoms with E-state index in [-0.39, 0.29) is 6.03 Å². The number of benzene rings is 2. The lowest BCUT2D eigenvalue weighted by Crippen LogP contribution is -2.34. The van der Waals surface area contributed by atoms with Crippen LogP contribution in [0, 0.1) is 0 Å².